The summed E-state index contributed by atoms with van der Waals surface area (Å²) in [6.45, 7) is 0. The van der Waals surface area contributed by atoms with Gasteiger partial charge in [-0.05, 0) is 58.7 Å². The molecule has 0 aliphatic carbocycles. The Balaban J connectivity index is 1.19. The third-order valence-electron chi connectivity index (χ3n) is 10.6. The Hall–Kier alpha value is -7.21. The highest BCUT2D eigenvalue weighted by Gasteiger charge is 2.22. The van der Waals surface area contributed by atoms with E-state index in [-0.39, 0.29) is 0 Å². The van der Waals surface area contributed by atoms with E-state index in [0.717, 1.165) is 44.2 Å². The van der Waals surface area contributed by atoms with Gasteiger partial charge < -0.3 is 4.57 Å². The number of thiophene rings is 1. The molecule has 4 nitrogen and oxygen atoms in total. The van der Waals surface area contributed by atoms with Crippen molar-refractivity contribution in [2.75, 3.05) is 0 Å². The molecule has 5 heteroatoms. The molecule has 0 unspecified atom stereocenters. The first-order chi connectivity index (χ1) is 27.8. The number of hydrogen-bond acceptors (Lipinski definition) is 4. The predicted molar refractivity (Wildman–Crippen MR) is 234 cm³/mol. The van der Waals surface area contributed by atoms with Crippen molar-refractivity contribution >= 4 is 53.3 Å². The van der Waals surface area contributed by atoms with E-state index in [2.05, 4.69) is 162 Å². The van der Waals surface area contributed by atoms with E-state index in [9.17, 15) is 0 Å². The van der Waals surface area contributed by atoms with Gasteiger partial charge in [0.1, 0.15) is 0 Å². The molecular formula is C51H32N4S. The number of rotatable bonds is 6. The summed E-state index contributed by atoms with van der Waals surface area (Å²) in [6.07, 6.45) is 0. The van der Waals surface area contributed by atoms with Gasteiger partial charge in [0.2, 0.25) is 0 Å². The summed E-state index contributed by atoms with van der Waals surface area (Å²) in [5.74, 6) is 1.94. The molecule has 0 aliphatic heterocycles. The highest BCUT2D eigenvalue weighted by Crippen LogP contribution is 2.45. The second-order valence-electron chi connectivity index (χ2n) is 14.0. The Morgan fingerprint density at radius 3 is 1.61 bits per heavy atom. The summed E-state index contributed by atoms with van der Waals surface area (Å²) >= 11 is 1.85. The molecule has 11 rings (SSSR count). The Morgan fingerprint density at radius 1 is 0.357 bits per heavy atom. The molecule has 11 aromatic rings. The van der Waals surface area contributed by atoms with Gasteiger partial charge >= 0.3 is 0 Å². The molecule has 262 valence electrons. The van der Waals surface area contributed by atoms with E-state index in [1.54, 1.807) is 0 Å². The number of fused-ring (bicyclic) bond motifs is 6. The first-order valence-electron chi connectivity index (χ1n) is 18.8. The Bertz CT molecular complexity index is 3180. The first kappa shape index (κ1) is 32.2. The summed E-state index contributed by atoms with van der Waals surface area (Å²) in [5.41, 5.74) is 11.0. The molecular weight excluding hydrogens is 701 g/mol. The Morgan fingerprint density at radius 2 is 0.893 bits per heavy atom. The van der Waals surface area contributed by atoms with Gasteiger partial charge in [-0.1, -0.05) is 158 Å². The van der Waals surface area contributed by atoms with E-state index in [4.69, 9.17) is 15.0 Å². The normalized spacial score (nSPS) is 11.6. The van der Waals surface area contributed by atoms with Gasteiger partial charge in [-0.2, -0.15) is 0 Å². The second-order valence-corrected chi connectivity index (χ2v) is 15.1. The maximum atomic E-state index is 5.17. The highest BCUT2D eigenvalue weighted by molar-refractivity contribution is 7.26. The summed E-state index contributed by atoms with van der Waals surface area (Å²) in [6, 6.07) is 68.6. The van der Waals surface area contributed by atoms with Gasteiger partial charge in [-0.15, -0.1) is 11.3 Å². The van der Waals surface area contributed by atoms with E-state index < -0.39 is 0 Å². The van der Waals surface area contributed by atoms with Crippen LogP contribution in [0, 0.1) is 0 Å². The molecule has 0 atom stereocenters. The second kappa shape index (κ2) is 13.3. The minimum Gasteiger partial charge on any atom is -0.308 e. The third-order valence-corrected chi connectivity index (χ3v) is 11.8. The molecule has 0 aliphatic rings. The minimum atomic E-state index is 0.643. The quantitative estimate of drug-likeness (QED) is 0.171. The van der Waals surface area contributed by atoms with Gasteiger partial charge in [0, 0.05) is 42.9 Å². The van der Waals surface area contributed by atoms with E-state index >= 15 is 0 Å². The van der Waals surface area contributed by atoms with Crippen LogP contribution in [-0.2, 0) is 0 Å². The van der Waals surface area contributed by atoms with E-state index in [1.165, 1.54) is 42.4 Å². The van der Waals surface area contributed by atoms with Crippen LogP contribution in [0.1, 0.15) is 0 Å². The first-order valence-corrected chi connectivity index (χ1v) is 19.6. The maximum absolute atomic E-state index is 5.17. The van der Waals surface area contributed by atoms with Gasteiger partial charge in [0.05, 0.1) is 21.4 Å². The number of hydrogen-bond donors (Lipinski definition) is 0. The predicted octanol–water partition coefficient (Wildman–Crippen LogP) is 13.7. The number of aromatic nitrogens is 4. The minimum absolute atomic E-state index is 0.643. The number of para-hydroxylation sites is 1. The van der Waals surface area contributed by atoms with Gasteiger partial charge in [-0.3, -0.25) is 0 Å². The molecule has 0 saturated carbocycles. The summed E-state index contributed by atoms with van der Waals surface area (Å²) in [5, 5.41) is 4.77. The van der Waals surface area contributed by atoms with Crippen molar-refractivity contribution in [2.24, 2.45) is 0 Å². The maximum Gasteiger partial charge on any atom is 0.164 e. The SMILES string of the molecule is c1ccc(-c2cccc(-c3cc(-n4c5ccccc5c5c(-c6nc(-c7ccccc7)nc(-c7ccccc7)n6)cccc54)c4sc5ccccc5c4c3)c2)cc1. The lowest BCUT2D eigenvalue weighted by atomic mass is 9.97. The van der Waals surface area contributed by atoms with Gasteiger partial charge in [0.25, 0.3) is 0 Å². The van der Waals surface area contributed by atoms with Crippen molar-refractivity contribution in [2.45, 2.75) is 0 Å². The van der Waals surface area contributed by atoms with Crippen LogP contribution in [0.25, 0.3) is 104 Å². The molecule has 3 heterocycles. The van der Waals surface area contributed by atoms with Crippen LogP contribution < -0.4 is 0 Å². The van der Waals surface area contributed by atoms with E-state index in [1.807, 2.05) is 47.7 Å². The van der Waals surface area contributed by atoms with Crippen molar-refractivity contribution in [1.29, 1.82) is 0 Å². The van der Waals surface area contributed by atoms with Crippen LogP contribution in [0.2, 0.25) is 0 Å². The van der Waals surface area contributed by atoms with Gasteiger partial charge in [-0.25, -0.2) is 15.0 Å². The standard InChI is InChI=1S/C51H32N4S/c1-4-16-33(17-5-1)36-22-14-23-37(30-36)38-31-42-39-24-11-13-29-46(39)56-48(42)45(32-38)55-43-27-12-10-25-40(43)47-41(26-15-28-44(47)55)51-53-49(34-18-6-2-7-19-34)52-50(54-51)35-20-8-3-9-21-35/h1-32H. The molecule has 0 spiro atoms. The summed E-state index contributed by atoms with van der Waals surface area (Å²) in [4.78, 5) is 15.3. The summed E-state index contributed by atoms with van der Waals surface area (Å²) < 4.78 is 4.97. The molecule has 56 heavy (non-hydrogen) atoms. The van der Waals surface area contributed by atoms with Gasteiger partial charge in [0.15, 0.2) is 17.5 Å². The Labute approximate surface area is 327 Å². The van der Waals surface area contributed by atoms with Crippen LogP contribution in [0.15, 0.2) is 194 Å². The average molecular weight is 733 g/mol. The smallest absolute Gasteiger partial charge is 0.164 e. The molecule has 0 N–H and O–H groups in total. The molecule has 0 radical (unpaired) electrons. The van der Waals surface area contributed by atoms with Crippen molar-refractivity contribution in [1.82, 2.24) is 19.5 Å². The fourth-order valence-corrected chi connectivity index (χ4v) is 9.23. The number of benzene rings is 8. The lowest BCUT2D eigenvalue weighted by molar-refractivity contribution is 1.08. The zero-order valence-corrected chi connectivity index (χ0v) is 31.0. The van der Waals surface area contributed by atoms with Crippen LogP contribution in [0.4, 0.5) is 0 Å². The van der Waals surface area contributed by atoms with Crippen LogP contribution in [-0.4, -0.2) is 19.5 Å². The molecule has 3 aromatic heterocycles. The largest absolute Gasteiger partial charge is 0.308 e. The van der Waals surface area contributed by atoms with Crippen LogP contribution >= 0.6 is 11.3 Å². The van der Waals surface area contributed by atoms with Crippen molar-refractivity contribution in [3.05, 3.63) is 194 Å². The van der Waals surface area contributed by atoms with E-state index in [0.29, 0.717) is 17.5 Å². The lowest BCUT2D eigenvalue weighted by Gasteiger charge is -2.14. The fraction of sp³-hybridized carbons (Fsp3) is 0. The van der Waals surface area contributed by atoms with Crippen LogP contribution in [0.5, 0.6) is 0 Å². The fourth-order valence-electron chi connectivity index (χ4n) is 8.04. The monoisotopic (exact) mass is 732 g/mol. The number of nitrogens with zero attached hydrogens (tertiary/aromatic N) is 4. The Kier molecular flexibility index (Phi) is 7.64. The topological polar surface area (TPSA) is 43.6 Å². The highest BCUT2D eigenvalue weighted by atomic mass is 32.1. The summed E-state index contributed by atoms with van der Waals surface area (Å²) in [7, 11) is 0. The molecule has 0 amide bonds. The average Bonchev–Trinajstić information content (AvgIpc) is 3.83. The molecule has 0 fully saturated rings. The molecule has 0 saturated heterocycles. The third kappa shape index (κ3) is 5.40. The lowest BCUT2D eigenvalue weighted by Crippen LogP contribution is -2.00. The van der Waals surface area contributed by atoms with Crippen LogP contribution in [0.3, 0.4) is 0 Å². The van der Waals surface area contributed by atoms with Crippen molar-refractivity contribution in [3.63, 3.8) is 0 Å². The zero-order valence-electron chi connectivity index (χ0n) is 30.2. The van der Waals surface area contributed by atoms with Crippen molar-refractivity contribution in [3.8, 4) is 62.1 Å². The zero-order chi connectivity index (χ0) is 37.0. The molecule has 0 bridgehead atoms. The van der Waals surface area contributed by atoms with Crippen molar-refractivity contribution < 1.29 is 0 Å². The molecule has 8 aromatic carbocycles.